The van der Waals surface area contributed by atoms with Crippen molar-refractivity contribution in [1.29, 1.82) is 0 Å². The Hall–Kier alpha value is -7.61. The summed E-state index contributed by atoms with van der Waals surface area (Å²) in [6.45, 7) is 0. The highest BCUT2D eigenvalue weighted by Crippen LogP contribution is 2.38. The van der Waals surface area contributed by atoms with Gasteiger partial charge in [-0.25, -0.2) is 15.0 Å². The molecule has 0 bridgehead atoms. The van der Waals surface area contributed by atoms with E-state index in [9.17, 15) is 0 Å². The van der Waals surface area contributed by atoms with Gasteiger partial charge in [-0.15, -0.1) is 0 Å². The van der Waals surface area contributed by atoms with E-state index in [1.165, 1.54) is 0 Å². The Labute approximate surface area is 338 Å². The Morgan fingerprint density at radius 1 is 0.259 bits per heavy atom. The van der Waals surface area contributed by atoms with Gasteiger partial charge in [0, 0.05) is 34.1 Å². The molecule has 6 aromatic carbocycles. The molecule has 278 valence electrons. The lowest BCUT2D eigenvalue weighted by Crippen LogP contribution is -2.30. The van der Waals surface area contributed by atoms with E-state index in [1.807, 2.05) is 128 Å². The minimum absolute atomic E-state index is 0.654. The molecule has 9 nitrogen and oxygen atoms in total. The van der Waals surface area contributed by atoms with Crippen LogP contribution in [0.3, 0.4) is 0 Å². The standard InChI is InChI=1S/C48H36N9P/c1-7-19-37(20-8-1)55(38-21-9-2-10-22-38)43-31-49-34-46(52-43)58(47-35-50-32-44(53-47)56(39-23-11-3-12-24-39)40-25-13-4-14-26-40)48-36-51-33-45(54-48)57(41-27-15-5-16-28-41)42-29-17-6-18-30-42/h1-36H. The Kier molecular flexibility index (Phi) is 10.6. The average Bonchev–Trinajstić information content (AvgIpc) is 3.30. The number of anilines is 9. The molecule has 9 rings (SSSR count). The van der Waals surface area contributed by atoms with E-state index in [2.05, 4.69) is 87.5 Å². The van der Waals surface area contributed by atoms with Crippen LogP contribution < -0.4 is 31.0 Å². The third kappa shape index (κ3) is 7.75. The summed E-state index contributed by atoms with van der Waals surface area (Å²) in [5.41, 5.74) is 7.81. The molecule has 0 N–H and O–H groups in total. The molecule has 0 atom stereocenters. The van der Waals surface area contributed by atoms with Gasteiger partial charge in [0.05, 0.1) is 61.4 Å². The van der Waals surface area contributed by atoms with Crippen molar-refractivity contribution >= 4 is 75.8 Å². The summed E-state index contributed by atoms with van der Waals surface area (Å²) in [6, 6.07) is 61.1. The third-order valence-corrected chi connectivity index (χ3v) is 11.3. The number of nitrogens with zero attached hydrogens (tertiary/aromatic N) is 9. The van der Waals surface area contributed by atoms with E-state index in [1.54, 1.807) is 18.6 Å². The van der Waals surface area contributed by atoms with Gasteiger partial charge in [-0.3, -0.25) is 29.7 Å². The van der Waals surface area contributed by atoms with Crippen LogP contribution in [0.25, 0.3) is 0 Å². The molecule has 0 amide bonds. The highest BCUT2D eigenvalue weighted by molar-refractivity contribution is 7.79. The molecule has 9 aromatic rings. The van der Waals surface area contributed by atoms with E-state index in [-0.39, 0.29) is 0 Å². The molecule has 0 aliphatic heterocycles. The number of aromatic nitrogens is 6. The Balaban J connectivity index is 1.23. The second-order valence-corrected chi connectivity index (χ2v) is 15.1. The number of hydrogen-bond acceptors (Lipinski definition) is 9. The summed E-state index contributed by atoms with van der Waals surface area (Å²) in [4.78, 5) is 37.0. The van der Waals surface area contributed by atoms with Crippen LogP contribution in [-0.4, -0.2) is 29.9 Å². The molecule has 0 saturated carbocycles. The molecule has 0 aliphatic rings. The zero-order chi connectivity index (χ0) is 38.9. The average molecular weight is 770 g/mol. The normalized spacial score (nSPS) is 10.9. The molecular weight excluding hydrogens is 734 g/mol. The highest BCUT2D eigenvalue weighted by Gasteiger charge is 2.27. The van der Waals surface area contributed by atoms with Crippen LogP contribution in [0.2, 0.25) is 0 Å². The van der Waals surface area contributed by atoms with Crippen molar-refractivity contribution in [3.63, 3.8) is 0 Å². The van der Waals surface area contributed by atoms with Crippen molar-refractivity contribution in [3.05, 3.63) is 219 Å². The first kappa shape index (κ1) is 36.1. The maximum Gasteiger partial charge on any atom is 0.156 e. The van der Waals surface area contributed by atoms with Gasteiger partial charge in [0.2, 0.25) is 0 Å². The highest BCUT2D eigenvalue weighted by atomic mass is 31.1. The van der Waals surface area contributed by atoms with Crippen molar-refractivity contribution in [3.8, 4) is 0 Å². The topological polar surface area (TPSA) is 87.1 Å². The maximum absolute atomic E-state index is 5.39. The molecule has 3 aromatic heterocycles. The molecule has 0 spiro atoms. The summed E-state index contributed by atoms with van der Waals surface area (Å²) < 4.78 is 0. The molecule has 0 fully saturated rings. The number of rotatable bonds is 12. The summed E-state index contributed by atoms with van der Waals surface area (Å²) in [6.07, 6.45) is 10.8. The largest absolute Gasteiger partial charge is 0.294 e. The Morgan fingerprint density at radius 3 is 0.672 bits per heavy atom. The number of benzene rings is 6. The van der Waals surface area contributed by atoms with Gasteiger partial charge in [-0.2, -0.15) is 0 Å². The van der Waals surface area contributed by atoms with Crippen molar-refractivity contribution in [2.24, 2.45) is 0 Å². The molecule has 0 saturated heterocycles. The van der Waals surface area contributed by atoms with E-state index in [4.69, 9.17) is 29.9 Å². The molecule has 0 radical (unpaired) electrons. The molecule has 58 heavy (non-hydrogen) atoms. The molecule has 10 heteroatoms. The van der Waals surface area contributed by atoms with Gasteiger partial charge in [0.1, 0.15) is 0 Å². The summed E-state index contributed by atoms with van der Waals surface area (Å²) in [5.74, 6) is 1.96. The summed E-state index contributed by atoms with van der Waals surface area (Å²) >= 11 is 0. The zero-order valence-electron chi connectivity index (χ0n) is 31.3. The van der Waals surface area contributed by atoms with Crippen LogP contribution in [0, 0.1) is 0 Å². The fourth-order valence-corrected chi connectivity index (χ4v) is 8.60. The first-order chi connectivity index (χ1) is 28.8. The van der Waals surface area contributed by atoms with E-state index in [0.717, 1.165) is 34.1 Å². The van der Waals surface area contributed by atoms with Crippen LogP contribution in [0.4, 0.5) is 51.6 Å². The minimum atomic E-state index is -1.58. The quantitative estimate of drug-likeness (QED) is 0.113. The fourth-order valence-electron chi connectivity index (χ4n) is 6.74. The van der Waals surface area contributed by atoms with E-state index >= 15 is 0 Å². The second-order valence-electron chi connectivity index (χ2n) is 13.1. The first-order valence-corrected chi connectivity index (χ1v) is 20.1. The SMILES string of the molecule is c1ccc(N(c2ccccc2)c2cncc(P(c3cncc(N(c4ccccc4)c4ccccc4)n3)c3cncc(N(c4ccccc4)c4ccccc4)n3)n2)cc1. The number of para-hydroxylation sites is 6. The van der Waals surface area contributed by atoms with Gasteiger partial charge in [-0.1, -0.05) is 109 Å². The second kappa shape index (κ2) is 17.0. The zero-order valence-corrected chi connectivity index (χ0v) is 32.2. The van der Waals surface area contributed by atoms with E-state index < -0.39 is 7.92 Å². The van der Waals surface area contributed by atoms with Crippen LogP contribution in [0.15, 0.2) is 219 Å². The van der Waals surface area contributed by atoms with E-state index in [0.29, 0.717) is 33.8 Å². The number of hydrogen-bond donors (Lipinski definition) is 0. The first-order valence-electron chi connectivity index (χ1n) is 18.8. The van der Waals surface area contributed by atoms with Gasteiger partial charge >= 0.3 is 0 Å². The smallest absolute Gasteiger partial charge is 0.156 e. The molecule has 3 heterocycles. The fraction of sp³-hybridized carbons (Fsp3) is 0. The monoisotopic (exact) mass is 769 g/mol. The lowest BCUT2D eigenvalue weighted by Gasteiger charge is -2.27. The minimum Gasteiger partial charge on any atom is -0.294 e. The lowest BCUT2D eigenvalue weighted by molar-refractivity contribution is 1.13. The van der Waals surface area contributed by atoms with Crippen molar-refractivity contribution in [2.45, 2.75) is 0 Å². The molecule has 0 unspecified atom stereocenters. The maximum atomic E-state index is 5.39. The predicted molar refractivity (Wildman–Crippen MR) is 236 cm³/mol. The van der Waals surface area contributed by atoms with Crippen LogP contribution in [-0.2, 0) is 0 Å². The van der Waals surface area contributed by atoms with Crippen LogP contribution in [0.5, 0.6) is 0 Å². The molecule has 0 aliphatic carbocycles. The summed E-state index contributed by atoms with van der Waals surface area (Å²) in [7, 11) is -1.58. The van der Waals surface area contributed by atoms with Crippen molar-refractivity contribution in [2.75, 3.05) is 14.7 Å². The third-order valence-electron chi connectivity index (χ3n) is 9.29. The van der Waals surface area contributed by atoms with Gasteiger partial charge < -0.3 is 0 Å². The van der Waals surface area contributed by atoms with Crippen LogP contribution >= 0.6 is 7.92 Å². The van der Waals surface area contributed by atoms with Gasteiger partial charge in [0.15, 0.2) is 17.5 Å². The van der Waals surface area contributed by atoms with Gasteiger partial charge in [0.25, 0.3) is 0 Å². The van der Waals surface area contributed by atoms with Crippen LogP contribution in [0.1, 0.15) is 0 Å². The van der Waals surface area contributed by atoms with Crippen molar-refractivity contribution in [1.82, 2.24) is 29.9 Å². The lowest BCUT2D eigenvalue weighted by atomic mass is 10.2. The summed E-state index contributed by atoms with van der Waals surface area (Å²) in [5, 5.41) is 0. The Bertz CT molecular complexity index is 2280. The predicted octanol–water partition coefficient (Wildman–Crippen LogP) is 10.2. The van der Waals surface area contributed by atoms with Crippen molar-refractivity contribution < 1.29 is 0 Å². The molecular formula is C48H36N9P. The Morgan fingerprint density at radius 2 is 0.466 bits per heavy atom. The van der Waals surface area contributed by atoms with Gasteiger partial charge in [-0.05, 0) is 72.8 Å².